The SMILES string of the molecule is COc1cc(CC(N)C(=O)O)cc(CF)c1OC. The third-order valence-corrected chi connectivity index (χ3v) is 2.53. The molecule has 0 radical (unpaired) electrons. The van der Waals surface area contributed by atoms with Gasteiger partial charge in [0, 0.05) is 5.56 Å². The number of ether oxygens (including phenoxy) is 2. The maximum atomic E-state index is 12.9. The molecule has 0 aliphatic rings. The molecule has 3 N–H and O–H groups in total. The van der Waals surface area contributed by atoms with Crippen LogP contribution >= 0.6 is 0 Å². The maximum absolute atomic E-state index is 12.9. The Morgan fingerprint density at radius 1 is 1.44 bits per heavy atom. The highest BCUT2D eigenvalue weighted by Crippen LogP contribution is 2.33. The molecule has 0 fully saturated rings. The Labute approximate surface area is 104 Å². The summed E-state index contributed by atoms with van der Waals surface area (Å²) in [4.78, 5) is 10.7. The van der Waals surface area contributed by atoms with E-state index in [1.807, 2.05) is 0 Å². The minimum atomic E-state index is -1.11. The number of carbonyl (C=O) groups is 1. The molecule has 1 aromatic rings. The van der Waals surface area contributed by atoms with Crippen LogP contribution in [0.3, 0.4) is 0 Å². The van der Waals surface area contributed by atoms with Crippen molar-refractivity contribution in [1.82, 2.24) is 0 Å². The first-order valence-electron chi connectivity index (χ1n) is 5.31. The molecule has 0 aliphatic carbocycles. The number of hydrogen-bond donors (Lipinski definition) is 2. The molecular formula is C12H16FNO4. The molecule has 0 saturated carbocycles. The molecule has 0 amide bonds. The summed E-state index contributed by atoms with van der Waals surface area (Å²) in [6.07, 6.45) is 0.0999. The smallest absolute Gasteiger partial charge is 0.320 e. The molecule has 100 valence electrons. The van der Waals surface area contributed by atoms with Crippen molar-refractivity contribution < 1.29 is 23.8 Å². The minimum Gasteiger partial charge on any atom is -0.493 e. The zero-order chi connectivity index (χ0) is 13.7. The molecule has 0 bridgehead atoms. The molecular weight excluding hydrogens is 241 g/mol. The lowest BCUT2D eigenvalue weighted by Crippen LogP contribution is -2.32. The highest BCUT2D eigenvalue weighted by molar-refractivity contribution is 5.73. The fourth-order valence-corrected chi connectivity index (χ4v) is 1.66. The van der Waals surface area contributed by atoms with Crippen molar-refractivity contribution in [2.75, 3.05) is 14.2 Å². The van der Waals surface area contributed by atoms with E-state index in [2.05, 4.69) is 0 Å². The first kappa shape index (κ1) is 14.2. The Bertz CT molecular complexity index is 411. The predicted octanol–water partition coefficient (Wildman–Crippen LogP) is 1.13. The minimum absolute atomic E-state index is 0.0999. The van der Waals surface area contributed by atoms with Crippen LogP contribution in [0.2, 0.25) is 0 Å². The second-order valence-corrected chi connectivity index (χ2v) is 3.77. The van der Waals surface area contributed by atoms with Crippen molar-refractivity contribution in [3.63, 3.8) is 0 Å². The summed E-state index contributed by atoms with van der Waals surface area (Å²) in [5.41, 5.74) is 6.34. The monoisotopic (exact) mass is 257 g/mol. The Kier molecular flexibility index (Phi) is 4.91. The van der Waals surface area contributed by atoms with Gasteiger partial charge < -0.3 is 20.3 Å². The van der Waals surface area contributed by atoms with Crippen molar-refractivity contribution in [2.24, 2.45) is 5.73 Å². The summed E-state index contributed by atoms with van der Waals surface area (Å²) in [5, 5.41) is 8.74. The fourth-order valence-electron chi connectivity index (χ4n) is 1.66. The zero-order valence-electron chi connectivity index (χ0n) is 10.3. The van der Waals surface area contributed by atoms with E-state index in [0.29, 0.717) is 22.6 Å². The Balaban J connectivity index is 3.11. The highest BCUT2D eigenvalue weighted by Gasteiger charge is 2.17. The average Bonchev–Trinajstić information content (AvgIpc) is 2.37. The van der Waals surface area contributed by atoms with E-state index in [4.69, 9.17) is 20.3 Å². The standard InChI is InChI=1S/C12H16FNO4/c1-17-10-5-7(4-9(14)12(15)16)3-8(6-13)11(10)18-2/h3,5,9H,4,6,14H2,1-2H3,(H,15,16). The summed E-state index contributed by atoms with van der Waals surface area (Å²) in [6.45, 7) is -0.727. The van der Waals surface area contributed by atoms with Crippen LogP contribution in [0.15, 0.2) is 12.1 Å². The van der Waals surface area contributed by atoms with Gasteiger partial charge in [-0.1, -0.05) is 0 Å². The van der Waals surface area contributed by atoms with E-state index in [1.165, 1.54) is 20.3 Å². The van der Waals surface area contributed by atoms with Crippen molar-refractivity contribution in [3.8, 4) is 11.5 Å². The van der Waals surface area contributed by atoms with Crippen molar-refractivity contribution in [1.29, 1.82) is 0 Å². The third-order valence-electron chi connectivity index (χ3n) is 2.53. The number of alkyl halides is 1. The van der Waals surface area contributed by atoms with Crippen molar-refractivity contribution in [3.05, 3.63) is 23.3 Å². The molecule has 0 spiro atoms. The van der Waals surface area contributed by atoms with Gasteiger partial charge in [-0.25, -0.2) is 4.39 Å². The van der Waals surface area contributed by atoms with Gasteiger partial charge >= 0.3 is 5.97 Å². The number of hydrogen-bond acceptors (Lipinski definition) is 4. The molecule has 0 heterocycles. The highest BCUT2D eigenvalue weighted by atomic mass is 19.1. The van der Waals surface area contributed by atoms with E-state index >= 15 is 0 Å². The lowest BCUT2D eigenvalue weighted by atomic mass is 10.0. The predicted molar refractivity (Wildman–Crippen MR) is 63.7 cm³/mol. The summed E-state index contributed by atoms with van der Waals surface area (Å²) < 4.78 is 23.0. The van der Waals surface area contributed by atoms with Crippen LogP contribution in [-0.2, 0) is 17.9 Å². The summed E-state index contributed by atoms with van der Waals surface area (Å²) in [5.74, 6) is -0.431. The maximum Gasteiger partial charge on any atom is 0.320 e. The molecule has 0 saturated heterocycles. The molecule has 1 atom stereocenters. The number of nitrogens with two attached hydrogens (primary N) is 1. The molecule has 5 nitrogen and oxygen atoms in total. The molecule has 1 rings (SSSR count). The number of carboxylic acids is 1. The fraction of sp³-hybridized carbons (Fsp3) is 0.417. The van der Waals surface area contributed by atoms with Gasteiger partial charge in [0.1, 0.15) is 12.7 Å². The van der Waals surface area contributed by atoms with Crippen LogP contribution in [0, 0.1) is 0 Å². The Hall–Kier alpha value is -1.82. The number of benzene rings is 1. The summed E-state index contributed by atoms with van der Waals surface area (Å²) in [7, 11) is 2.85. The van der Waals surface area contributed by atoms with Gasteiger partial charge in [0.15, 0.2) is 11.5 Å². The van der Waals surface area contributed by atoms with E-state index in [9.17, 15) is 9.18 Å². The molecule has 1 unspecified atom stereocenters. The van der Waals surface area contributed by atoms with Gasteiger partial charge in [0.25, 0.3) is 0 Å². The van der Waals surface area contributed by atoms with Gasteiger partial charge in [-0.15, -0.1) is 0 Å². The summed E-state index contributed by atoms with van der Waals surface area (Å²) >= 11 is 0. The first-order chi connectivity index (χ1) is 8.53. The van der Waals surface area contributed by atoms with Crippen LogP contribution in [0.25, 0.3) is 0 Å². The van der Waals surface area contributed by atoms with E-state index < -0.39 is 18.7 Å². The van der Waals surface area contributed by atoms with Crippen LogP contribution in [-0.4, -0.2) is 31.3 Å². The number of carboxylic acid groups (broad SMARTS) is 1. The van der Waals surface area contributed by atoms with Crippen molar-refractivity contribution in [2.45, 2.75) is 19.1 Å². The number of methoxy groups -OCH3 is 2. The number of rotatable bonds is 6. The van der Waals surface area contributed by atoms with E-state index in [0.717, 1.165) is 0 Å². The number of halogens is 1. The molecule has 0 aliphatic heterocycles. The second-order valence-electron chi connectivity index (χ2n) is 3.77. The molecule has 18 heavy (non-hydrogen) atoms. The Morgan fingerprint density at radius 2 is 2.11 bits per heavy atom. The van der Waals surface area contributed by atoms with Crippen LogP contribution in [0.1, 0.15) is 11.1 Å². The lowest BCUT2D eigenvalue weighted by molar-refractivity contribution is -0.138. The van der Waals surface area contributed by atoms with Crippen molar-refractivity contribution >= 4 is 5.97 Å². The van der Waals surface area contributed by atoms with Gasteiger partial charge in [-0.3, -0.25) is 4.79 Å². The summed E-state index contributed by atoms with van der Waals surface area (Å²) in [6, 6.07) is 2.10. The zero-order valence-corrected chi connectivity index (χ0v) is 10.3. The lowest BCUT2D eigenvalue weighted by Gasteiger charge is -2.14. The quantitative estimate of drug-likeness (QED) is 0.798. The molecule has 1 aromatic carbocycles. The normalized spacial score (nSPS) is 12.0. The Morgan fingerprint density at radius 3 is 2.56 bits per heavy atom. The van der Waals surface area contributed by atoms with Crippen LogP contribution in [0.4, 0.5) is 4.39 Å². The average molecular weight is 257 g/mol. The largest absolute Gasteiger partial charge is 0.493 e. The van der Waals surface area contributed by atoms with E-state index in [-0.39, 0.29) is 6.42 Å². The van der Waals surface area contributed by atoms with Crippen LogP contribution < -0.4 is 15.2 Å². The second kappa shape index (κ2) is 6.20. The molecule has 6 heteroatoms. The topological polar surface area (TPSA) is 81.8 Å². The third kappa shape index (κ3) is 3.10. The van der Waals surface area contributed by atoms with Gasteiger partial charge in [0.05, 0.1) is 14.2 Å². The van der Waals surface area contributed by atoms with Crippen LogP contribution in [0.5, 0.6) is 11.5 Å². The molecule has 0 aromatic heterocycles. The van der Waals surface area contributed by atoms with Gasteiger partial charge in [0.2, 0.25) is 0 Å². The van der Waals surface area contributed by atoms with Gasteiger partial charge in [-0.05, 0) is 24.1 Å². The number of aliphatic carboxylic acids is 1. The van der Waals surface area contributed by atoms with E-state index in [1.54, 1.807) is 6.07 Å². The van der Waals surface area contributed by atoms with Gasteiger partial charge in [-0.2, -0.15) is 0 Å². The first-order valence-corrected chi connectivity index (χ1v) is 5.31.